The van der Waals surface area contributed by atoms with Crippen molar-refractivity contribution in [2.24, 2.45) is 5.41 Å². The van der Waals surface area contributed by atoms with E-state index in [1.165, 1.54) is 18.2 Å². The van der Waals surface area contributed by atoms with Gasteiger partial charge in [-0.25, -0.2) is 0 Å². The first-order valence-corrected chi connectivity index (χ1v) is 6.08. The summed E-state index contributed by atoms with van der Waals surface area (Å²) >= 11 is 5.97. The number of anilines is 1. The zero-order valence-electron chi connectivity index (χ0n) is 10.4. The molecule has 1 rings (SSSR count). The van der Waals surface area contributed by atoms with Crippen molar-refractivity contribution in [3.8, 4) is 0 Å². The molecule has 0 bridgehead atoms. The molecule has 0 heterocycles. The second-order valence-corrected chi connectivity index (χ2v) is 5.00. The fraction of sp³-hybridized carbons (Fsp3) is 0.500. The smallest absolute Gasteiger partial charge is 0.271 e. The molecule has 2 N–H and O–H groups in total. The van der Waals surface area contributed by atoms with Crippen LogP contribution in [0.5, 0.6) is 0 Å². The summed E-state index contributed by atoms with van der Waals surface area (Å²) in [6.07, 6.45) is 0.795. The normalized spacial score (nSPS) is 14.0. The van der Waals surface area contributed by atoms with Gasteiger partial charge in [0.2, 0.25) is 0 Å². The molecule has 5 nitrogen and oxygen atoms in total. The van der Waals surface area contributed by atoms with Gasteiger partial charge < -0.3 is 10.4 Å². The number of nitrogens with one attached hydrogen (secondary N) is 1. The molecule has 1 aromatic rings. The highest BCUT2D eigenvalue weighted by atomic mass is 35.5. The van der Waals surface area contributed by atoms with Crippen molar-refractivity contribution in [3.63, 3.8) is 0 Å². The Morgan fingerprint density at radius 3 is 2.72 bits per heavy atom. The molecule has 1 unspecified atom stereocenters. The molecule has 6 heteroatoms. The zero-order chi connectivity index (χ0) is 13.8. The van der Waals surface area contributed by atoms with E-state index in [1.807, 2.05) is 13.8 Å². The second-order valence-electron chi connectivity index (χ2n) is 4.60. The van der Waals surface area contributed by atoms with Crippen LogP contribution < -0.4 is 5.32 Å². The number of non-ortho nitro benzene ring substituents is 1. The van der Waals surface area contributed by atoms with Gasteiger partial charge in [-0.3, -0.25) is 10.1 Å². The van der Waals surface area contributed by atoms with Crippen molar-refractivity contribution in [1.82, 2.24) is 0 Å². The fourth-order valence-electron chi connectivity index (χ4n) is 1.36. The predicted octanol–water partition coefficient (Wildman–Crippen LogP) is 3.07. The molecular formula is C12H17ClN2O3. The van der Waals surface area contributed by atoms with Crippen LogP contribution in [0, 0.1) is 15.5 Å². The van der Waals surface area contributed by atoms with Gasteiger partial charge in [-0.15, -0.1) is 0 Å². The van der Waals surface area contributed by atoms with Gasteiger partial charge in [-0.05, 0) is 12.5 Å². The third-order valence-electron chi connectivity index (χ3n) is 3.10. The van der Waals surface area contributed by atoms with Crippen LogP contribution in [0.25, 0.3) is 0 Å². The van der Waals surface area contributed by atoms with Crippen molar-refractivity contribution in [3.05, 3.63) is 33.3 Å². The van der Waals surface area contributed by atoms with Gasteiger partial charge >= 0.3 is 0 Å². The number of aliphatic hydroxyl groups excluding tert-OH is 1. The first kappa shape index (κ1) is 14.7. The van der Waals surface area contributed by atoms with Gasteiger partial charge in [-0.1, -0.05) is 25.4 Å². The number of nitro benzene ring substituents is 1. The molecule has 0 spiro atoms. The highest BCUT2D eigenvalue weighted by Gasteiger charge is 2.21. The Kier molecular flexibility index (Phi) is 4.93. The minimum absolute atomic E-state index is 0.0101. The van der Waals surface area contributed by atoms with Crippen molar-refractivity contribution in [2.45, 2.75) is 20.3 Å². The number of halogens is 1. The first-order chi connectivity index (χ1) is 8.41. The van der Waals surface area contributed by atoms with E-state index < -0.39 is 4.92 Å². The Hall–Kier alpha value is -1.33. The average Bonchev–Trinajstić information content (AvgIpc) is 2.37. The quantitative estimate of drug-likeness (QED) is 0.616. The van der Waals surface area contributed by atoms with Crippen molar-refractivity contribution < 1.29 is 10.0 Å². The van der Waals surface area contributed by atoms with Crippen LogP contribution >= 0.6 is 11.6 Å². The van der Waals surface area contributed by atoms with Crippen LogP contribution in [0.1, 0.15) is 20.3 Å². The summed E-state index contributed by atoms with van der Waals surface area (Å²) in [5, 5.41) is 23.4. The molecule has 18 heavy (non-hydrogen) atoms. The van der Waals surface area contributed by atoms with E-state index in [0.29, 0.717) is 17.3 Å². The molecule has 100 valence electrons. The van der Waals surface area contributed by atoms with Crippen LogP contribution in [0.2, 0.25) is 5.02 Å². The fourth-order valence-corrected chi connectivity index (χ4v) is 1.55. The number of nitro groups is 1. The summed E-state index contributed by atoms with van der Waals surface area (Å²) in [4.78, 5) is 10.2. The summed E-state index contributed by atoms with van der Waals surface area (Å²) in [6, 6.07) is 4.25. The van der Waals surface area contributed by atoms with Gasteiger partial charge in [0.1, 0.15) is 0 Å². The van der Waals surface area contributed by atoms with Crippen LogP contribution in [-0.2, 0) is 0 Å². The lowest BCUT2D eigenvalue weighted by molar-refractivity contribution is -0.384. The van der Waals surface area contributed by atoms with E-state index in [-0.39, 0.29) is 17.7 Å². The Morgan fingerprint density at radius 2 is 2.22 bits per heavy atom. The monoisotopic (exact) mass is 272 g/mol. The zero-order valence-corrected chi connectivity index (χ0v) is 11.2. The highest BCUT2D eigenvalue weighted by molar-refractivity contribution is 6.33. The van der Waals surface area contributed by atoms with E-state index in [0.717, 1.165) is 6.42 Å². The van der Waals surface area contributed by atoms with Gasteiger partial charge in [0.25, 0.3) is 5.69 Å². The summed E-state index contributed by atoms with van der Waals surface area (Å²) in [7, 11) is 0. The van der Waals surface area contributed by atoms with E-state index in [2.05, 4.69) is 5.32 Å². The van der Waals surface area contributed by atoms with E-state index in [9.17, 15) is 15.2 Å². The van der Waals surface area contributed by atoms with Gasteiger partial charge in [0.15, 0.2) is 0 Å². The number of aliphatic hydroxyl groups is 1. The number of nitrogens with zero attached hydrogens (tertiary/aromatic N) is 1. The first-order valence-electron chi connectivity index (χ1n) is 5.70. The molecule has 1 atom stereocenters. The minimum Gasteiger partial charge on any atom is -0.396 e. The molecule has 0 radical (unpaired) electrons. The van der Waals surface area contributed by atoms with Crippen molar-refractivity contribution in [1.29, 1.82) is 0 Å². The average molecular weight is 273 g/mol. The van der Waals surface area contributed by atoms with E-state index in [4.69, 9.17) is 11.6 Å². The number of benzene rings is 1. The molecule has 0 aliphatic heterocycles. The molecule has 0 amide bonds. The largest absolute Gasteiger partial charge is 0.396 e. The lowest BCUT2D eigenvalue weighted by atomic mass is 9.88. The third kappa shape index (κ3) is 3.58. The standard InChI is InChI=1S/C12H17ClN2O3/c1-3-12(2,8-16)7-14-11-6-9(15(17)18)4-5-10(11)13/h4-6,14,16H,3,7-8H2,1-2H3. The lowest BCUT2D eigenvalue weighted by Crippen LogP contribution is -2.29. The topological polar surface area (TPSA) is 75.4 Å². The Labute approximate surface area is 111 Å². The van der Waals surface area contributed by atoms with Gasteiger partial charge in [-0.2, -0.15) is 0 Å². The third-order valence-corrected chi connectivity index (χ3v) is 3.43. The summed E-state index contributed by atoms with van der Waals surface area (Å²) in [5.41, 5.74) is 0.233. The van der Waals surface area contributed by atoms with Crippen LogP contribution in [0.15, 0.2) is 18.2 Å². The second kappa shape index (κ2) is 6.02. The summed E-state index contributed by atoms with van der Waals surface area (Å²) < 4.78 is 0. The lowest BCUT2D eigenvalue weighted by Gasteiger charge is -2.26. The van der Waals surface area contributed by atoms with Crippen molar-refractivity contribution in [2.75, 3.05) is 18.5 Å². The van der Waals surface area contributed by atoms with Gasteiger partial charge in [0, 0.05) is 24.1 Å². The molecule has 1 aromatic carbocycles. The number of rotatable bonds is 6. The maximum Gasteiger partial charge on any atom is 0.271 e. The highest BCUT2D eigenvalue weighted by Crippen LogP contribution is 2.28. The molecular weight excluding hydrogens is 256 g/mol. The molecule has 0 fully saturated rings. The minimum atomic E-state index is -0.466. The number of hydrogen-bond donors (Lipinski definition) is 2. The van der Waals surface area contributed by atoms with Crippen LogP contribution in [0.3, 0.4) is 0 Å². The van der Waals surface area contributed by atoms with Gasteiger partial charge in [0.05, 0.1) is 22.2 Å². The molecule has 0 aliphatic carbocycles. The molecule has 0 saturated carbocycles. The molecule has 0 aromatic heterocycles. The molecule has 0 aliphatic rings. The van der Waals surface area contributed by atoms with E-state index in [1.54, 1.807) is 0 Å². The predicted molar refractivity (Wildman–Crippen MR) is 72.1 cm³/mol. The summed E-state index contributed by atoms with van der Waals surface area (Å²) in [5.74, 6) is 0. The maximum absolute atomic E-state index is 10.7. The number of hydrogen-bond acceptors (Lipinski definition) is 4. The SMILES string of the molecule is CCC(C)(CO)CNc1cc([N+](=O)[O-])ccc1Cl. The van der Waals surface area contributed by atoms with Crippen molar-refractivity contribution >= 4 is 23.0 Å². The van der Waals surface area contributed by atoms with Crippen LogP contribution in [0.4, 0.5) is 11.4 Å². The van der Waals surface area contributed by atoms with E-state index >= 15 is 0 Å². The van der Waals surface area contributed by atoms with Crippen LogP contribution in [-0.4, -0.2) is 23.2 Å². The Bertz CT molecular complexity index is 433. The molecule has 0 saturated heterocycles. The summed E-state index contributed by atoms with van der Waals surface area (Å²) in [6.45, 7) is 4.46. The maximum atomic E-state index is 10.7. The Morgan fingerprint density at radius 1 is 1.56 bits per heavy atom. The Balaban J connectivity index is 2.84.